The van der Waals surface area contributed by atoms with Gasteiger partial charge in [-0.05, 0) is 30.2 Å². The van der Waals surface area contributed by atoms with E-state index in [0.29, 0.717) is 16.6 Å². The molecule has 0 unspecified atom stereocenters. The Hall–Kier alpha value is -3.06. The molecular formula is C20H18N4O2S. The van der Waals surface area contributed by atoms with E-state index in [2.05, 4.69) is 29.3 Å². The number of hydrogen-bond acceptors (Lipinski definition) is 5. The summed E-state index contributed by atoms with van der Waals surface area (Å²) < 4.78 is 8.52. The van der Waals surface area contributed by atoms with Crippen molar-refractivity contribution in [3.05, 3.63) is 82.4 Å². The number of aromatic nitrogens is 4. The maximum atomic E-state index is 12.9. The maximum absolute atomic E-state index is 12.9. The van der Waals surface area contributed by atoms with E-state index in [1.807, 2.05) is 42.6 Å². The molecule has 2 aromatic carbocycles. The van der Waals surface area contributed by atoms with Gasteiger partial charge in [-0.2, -0.15) is 0 Å². The van der Waals surface area contributed by atoms with Gasteiger partial charge in [0.2, 0.25) is 5.65 Å². The molecule has 4 aromatic rings. The molecule has 2 heterocycles. The van der Waals surface area contributed by atoms with E-state index < -0.39 is 0 Å². The maximum Gasteiger partial charge on any atom is 0.300 e. The molecule has 0 fully saturated rings. The number of fused-ring (bicyclic) bond motifs is 1. The van der Waals surface area contributed by atoms with Crippen LogP contribution in [-0.4, -0.2) is 26.3 Å². The van der Waals surface area contributed by atoms with Crippen LogP contribution in [0, 0.1) is 6.92 Å². The summed E-state index contributed by atoms with van der Waals surface area (Å²) in [6.45, 7) is 2.09. The van der Waals surface area contributed by atoms with Gasteiger partial charge in [-0.15, -0.1) is 10.2 Å². The van der Waals surface area contributed by atoms with Crippen LogP contribution in [0.2, 0.25) is 0 Å². The largest absolute Gasteiger partial charge is 0.497 e. The highest BCUT2D eigenvalue weighted by atomic mass is 32.2. The highest BCUT2D eigenvalue weighted by Crippen LogP contribution is 2.23. The summed E-state index contributed by atoms with van der Waals surface area (Å²) in [5, 5.41) is 9.01. The molecule has 136 valence electrons. The van der Waals surface area contributed by atoms with Crippen molar-refractivity contribution >= 4 is 17.4 Å². The molecule has 6 nitrogen and oxygen atoms in total. The minimum Gasteiger partial charge on any atom is -0.497 e. The summed E-state index contributed by atoms with van der Waals surface area (Å²) >= 11 is 1.56. The Labute approximate surface area is 160 Å². The summed E-state index contributed by atoms with van der Waals surface area (Å²) in [6, 6.07) is 15.6. The van der Waals surface area contributed by atoms with E-state index in [1.54, 1.807) is 34.0 Å². The van der Waals surface area contributed by atoms with Gasteiger partial charge in [0.05, 0.1) is 12.8 Å². The van der Waals surface area contributed by atoms with Crippen LogP contribution in [-0.2, 0) is 5.75 Å². The minimum absolute atomic E-state index is 0.221. The SMILES string of the molecule is COc1cccc(-n2ccn3c(SCc4ccccc4C)nnc3c2=O)c1. The number of nitrogens with zero attached hydrogens (tertiary/aromatic N) is 4. The first kappa shape index (κ1) is 17.4. The average molecular weight is 378 g/mol. The van der Waals surface area contributed by atoms with Crippen LogP contribution in [0.5, 0.6) is 5.75 Å². The zero-order valence-electron chi connectivity index (χ0n) is 15.0. The van der Waals surface area contributed by atoms with Crippen LogP contribution in [0.25, 0.3) is 11.3 Å². The zero-order valence-corrected chi connectivity index (χ0v) is 15.8. The number of rotatable bonds is 5. The fourth-order valence-electron chi connectivity index (χ4n) is 2.84. The number of methoxy groups -OCH3 is 1. The minimum atomic E-state index is -0.221. The van der Waals surface area contributed by atoms with Crippen molar-refractivity contribution in [2.24, 2.45) is 0 Å². The normalized spacial score (nSPS) is 11.0. The lowest BCUT2D eigenvalue weighted by Gasteiger charge is -2.08. The Morgan fingerprint density at radius 2 is 1.93 bits per heavy atom. The number of ether oxygens (including phenoxy) is 1. The Bertz CT molecular complexity index is 1170. The lowest BCUT2D eigenvalue weighted by Crippen LogP contribution is -2.20. The third kappa shape index (κ3) is 3.33. The Morgan fingerprint density at radius 3 is 2.74 bits per heavy atom. The monoisotopic (exact) mass is 378 g/mol. The van der Waals surface area contributed by atoms with Gasteiger partial charge in [0.1, 0.15) is 5.75 Å². The highest BCUT2D eigenvalue weighted by molar-refractivity contribution is 7.98. The van der Waals surface area contributed by atoms with Crippen molar-refractivity contribution in [2.75, 3.05) is 7.11 Å². The molecule has 7 heteroatoms. The first-order chi connectivity index (χ1) is 13.2. The van der Waals surface area contributed by atoms with Gasteiger partial charge in [-0.25, -0.2) is 0 Å². The molecule has 0 saturated carbocycles. The zero-order chi connectivity index (χ0) is 18.8. The van der Waals surface area contributed by atoms with Crippen LogP contribution in [0.1, 0.15) is 11.1 Å². The number of benzene rings is 2. The van der Waals surface area contributed by atoms with E-state index in [1.165, 1.54) is 11.1 Å². The molecule has 0 bridgehead atoms. The highest BCUT2D eigenvalue weighted by Gasteiger charge is 2.12. The summed E-state index contributed by atoms with van der Waals surface area (Å²) in [6.07, 6.45) is 3.54. The predicted molar refractivity (Wildman–Crippen MR) is 106 cm³/mol. The molecule has 0 aliphatic carbocycles. The van der Waals surface area contributed by atoms with Crippen molar-refractivity contribution in [3.8, 4) is 11.4 Å². The van der Waals surface area contributed by atoms with Gasteiger partial charge in [-0.3, -0.25) is 13.8 Å². The van der Waals surface area contributed by atoms with Crippen molar-refractivity contribution in [3.63, 3.8) is 0 Å². The summed E-state index contributed by atoms with van der Waals surface area (Å²) in [7, 11) is 1.60. The van der Waals surface area contributed by atoms with Crippen molar-refractivity contribution in [1.82, 2.24) is 19.2 Å². The molecule has 0 aliphatic rings. The van der Waals surface area contributed by atoms with Crippen LogP contribution in [0.15, 0.2) is 70.9 Å². The van der Waals surface area contributed by atoms with Gasteiger partial charge in [0.25, 0.3) is 0 Å². The third-order valence-electron chi connectivity index (χ3n) is 4.39. The quantitative estimate of drug-likeness (QED) is 0.498. The van der Waals surface area contributed by atoms with Gasteiger partial charge in [0, 0.05) is 24.2 Å². The molecule has 27 heavy (non-hydrogen) atoms. The van der Waals surface area contributed by atoms with Crippen LogP contribution >= 0.6 is 11.8 Å². The Kier molecular flexibility index (Phi) is 4.68. The first-order valence-electron chi connectivity index (χ1n) is 8.45. The van der Waals surface area contributed by atoms with E-state index in [0.717, 1.165) is 11.4 Å². The second kappa shape index (κ2) is 7.28. The third-order valence-corrected chi connectivity index (χ3v) is 5.38. The van der Waals surface area contributed by atoms with Crippen LogP contribution in [0.4, 0.5) is 0 Å². The first-order valence-corrected chi connectivity index (χ1v) is 9.44. The molecule has 2 aromatic heterocycles. The van der Waals surface area contributed by atoms with Crippen LogP contribution in [0.3, 0.4) is 0 Å². The van der Waals surface area contributed by atoms with E-state index >= 15 is 0 Å². The fraction of sp³-hybridized carbons (Fsp3) is 0.150. The van der Waals surface area contributed by atoms with Gasteiger partial charge in [-0.1, -0.05) is 42.1 Å². The van der Waals surface area contributed by atoms with Crippen molar-refractivity contribution in [1.29, 1.82) is 0 Å². The van der Waals surface area contributed by atoms with E-state index in [9.17, 15) is 4.79 Å². The second-order valence-electron chi connectivity index (χ2n) is 6.07. The summed E-state index contributed by atoms with van der Waals surface area (Å²) in [5.41, 5.74) is 3.27. The fourth-order valence-corrected chi connectivity index (χ4v) is 3.84. The molecule has 0 N–H and O–H groups in total. The molecular weight excluding hydrogens is 360 g/mol. The lowest BCUT2D eigenvalue weighted by atomic mass is 10.1. The predicted octanol–water partition coefficient (Wildman–Crippen LogP) is 3.49. The number of thioether (sulfide) groups is 1. The molecule has 0 amide bonds. The Balaban J connectivity index is 1.67. The number of aryl methyl sites for hydroxylation is 1. The van der Waals surface area contributed by atoms with Gasteiger partial charge < -0.3 is 4.74 Å². The van der Waals surface area contributed by atoms with E-state index in [4.69, 9.17) is 4.74 Å². The second-order valence-corrected chi connectivity index (χ2v) is 7.01. The summed E-state index contributed by atoms with van der Waals surface area (Å²) in [4.78, 5) is 12.9. The smallest absolute Gasteiger partial charge is 0.300 e. The van der Waals surface area contributed by atoms with E-state index in [-0.39, 0.29) is 5.56 Å². The van der Waals surface area contributed by atoms with Gasteiger partial charge >= 0.3 is 5.56 Å². The Morgan fingerprint density at radius 1 is 1.07 bits per heavy atom. The standard InChI is InChI=1S/C20H18N4O2S/c1-14-6-3-4-7-15(14)13-27-20-22-21-18-19(25)23(10-11-24(18)20)16-8-5-9-17(12-16)26-2/h3-12H,13H2,1-2H3. The van der Waals surface area contributed by atoms with Gasteiger partial charge in [0.15, 0.2) is 5.16 Å². The molecule has 0 atom stereocenters. The topological polar surface area (TPSA) is 61.4 Å². The molecule has 0 aliphatic heterocycles. The van der Waals surface area contributed by atoms with Crippen LogP contribution < -0.4 is 10.3 Å². The molecule has 4 rings (SSSR count). The van der Waals surface area contributed by atoms with Crippen molar-refractivity contribution < 1.29 is 4.74 Å². The molecule has 0 spiro atoms. The average Bonchev–Trinajstić information content (AvgIpc) is 3.12. The van der Waals surface area contributed by atoms with Crippen molar-refractivity contribution in [2.45, 2.75) is 17.8 Å². The summed E-state index contributed by atoms with van der Waals surface area (Å²) in [5.74, 6) is 1.46. The molecule has 0 radical (unpaired) electrons. The molecule has 0 saturated heterocycles. The number of hydrogen-bond donors (Lipinski definition) is 0. The lowest BCUT2D eigenvalue weighted by molar-refractivity contribution is 0.414.